The first-order valence-corrected chi connectivity index (χ1v) is 7.55. The van der Waals surface area contributed by atoms with E-state index < -0.39 is 0 Å². The number of aromatic nitrogens is 3. The highest BCUT2D eigenvalue weighted by Crippen LogP contribution is 2.34. The predicted molar refractivity (Wildman–Crippen MR) is 83.7 cm³/mol. The van der Waals surface area contributed by atoms with Gasteiger partial charge in [-0.2, -0.15) is 0 Å². The molecule has 3 rings (SSSR count). The molecule has 0 bridgehead atoms. The second-order valence-corrected chi connectivity index (χ2v) is 5.86. The zero-order valence-corrected chi connectivity index (χ0v) is 12.8. The van der Waals surface area contributed by atoms with E-state index in [9.17, 15) is 0 Å². The van der Waals surface area contributed by atoms with Gasteiger partial charge in [0.15, 0.2) is 0 Å². The van der Waals surface area contributed by atoms with Gasteiger partial charge in [0.05, 0.1) is 16.5 Å². The summed E-state index contributed by atoms with van der Waals surface area (Å²) in [5, 5.41) is 7.14. The van der Waals surface area contributed by atoms with Crippen molar-refractivity contribution in [3.05, 3.63) is 45.8 Å². The highest BCUT2D eigenvalue weighted by atomic mass is 35.5. The summed E-state index contributed by atoms with van der Waals surface area (Å²) in [4.78, 5) is 13.4. The third kappa shape index (κ3) is 2.44. The van der Waals surface area contributed by atoms with Crippen LogP contribution in [0.4, 0.5) is 5.82 Å². The van der Waals surface area contributed by atoms with E-state index >= 15 is 0 Å². The summed E-state index contributed by atoms with van der Waals surface area (Å²) in [6.45, 7) is 2.00. The smallest absolute Gasteiger partial charge is 0.140 e. The minimum Gasteiger partial charge on any atom is -0.363 e. The van der Waals surface area contributed by atoms with Crippen LogP contribution in [0.1, 0.15) is 18.5 Å². The van der Waals surface area contributed by atoms with Gasteiger partial charge >= 0.3 is 0 Å². The van der Waals surface area contributed by atoms with Crippen LogP contribution in [-0.2, 0) is 0 Å². The lowest BCUT2D eigenvalue weighted by molar-refractivity contribution is 0.868. The fourth-order valence-electron chi connectivity index (χ4n) is 1.95. The minimum absolute atomic E-state index is 0.0368. The molecule has 1 unspecified atom stereocenters. The Kier molecular flexibility index (Phi) is 3.74. The molecule has 0 amide bonds. The van der Waals surface area contributed by atoms with Crippen LogP contribution >= 0.6 is 34.5 Å². The summed E-state index contributed by atoms with van der Waals surface area (Å²) >= 11 is 13.8. The molecule has 0 aliphatic carbocycles. The number of anilines is 1. The van der Waals surface area contributed by atoms with Crippen LogP contribution in [0.25, 0.3) is 10.2 Å². The maximum atomic E-state index is 6.19. The Balaban J connectivity index is 1.97. The summed E-state index contributed by atoms with van der Waals surface area (Å²) in [5.74, 6) is 0.702. The zero-order chi connectivity index (χ0) is 14.1. The number of nitrogens with one attached hydrogen (secondary N) is 1. The Hall–Kier alpha value is -1.43. The lowest BCUT2D eigenvalue weighted by atomic mass is 10.1. The lowest BCUT2D eigenvalue weighted by Crippen LogP contribution is -2.09. The molecule has 4 nitrogen and oxygen atoms in total. The number of rotatable bonds is 3. The molecule has 0 aromatic carbocycles. The van der Waals surface area contributed by atoms with Crippen LogP contribution in [0.5, 0.6) is 0 Å². The van der Waals surface area contributed by atoms with Gasteiger partial charge in [0.25, 0.3) is 0 Å². The van der Waals surface area contributed by atoms with Crippen LogP contribution in [0.3, 0.4) is 0 Å². The number of fused-ring (bicyclic) bond motifs is 1. The molecule has 0 aliphatic heterocycles. The maximum absolute atomic E-state index is 6.19. The molecule has 3 aromatic rings. The maximum Gasteiger partial charge on any atom is 0.140 e. The first kappa shape index (κ1) is 13.5. The van der Waals surface area contributed by atoms with Crippen molar-refractivity contribution in [2.45, 2.75) is 13.0 Å². The quantitative estimate of drug-likeness (QED) is 0.717. The van der Waals surface area contributed by atoms with Gasteiger partial charge in [-0.3, -0.25) is 0 Å². The SMILES string of the molecule is CC(Nc1ncnc2scc(Cl)c12)c1cccnc1Cl. The minimum atomic E-state index is -0.0368. The third-order valence-corrected chi connectivity index (χ3v) is 4.56. The second kappa shape index (κ2) is 5.52. The molecule has 0 saturated carbocycles. The molecule has 0 aliphatic rings. The third-order valence-electron chi connectivity index (χ3n) is 2.93. The van der Waals surface area contributed by atoms with E-state index in [-0.39, 0.29) is 6.04 Å². The Labute approximate surface area is 129 Å². The zero-order valence-electron chi connectivity index (χ0n) is 10.5. The van der Waals surface area contributed by atoms with Crippen LogP contribution in [0.2, 0.25) is 10.2 Å². The Morgan fingerprint density at radius 1 is 1.25 bits per heavy atom. The lowest BCUT2D eigenvalue weighted by Gasteiger charge is -2.16. The molecule has 7 heteroatoms. The van der Waals surface area contributed by atoms with Crippen LogP contribution in [0, 0.1) is 0 Å². The van der Waals surface area contributed by atoms with E-state index in [1.165, 1.54) is 17.7 Å². The average molecular weight is 325 g/mol. The monoisotopic (exact) mass is 324 g/mol. The normalized spacial score (nSPS) is 12.6. The van der Waals surface area contributed by atoms with Gasteiger partial charge in [-0.15, -0.1) is 11.3 Å². The van der Waals surface area contributed by atoms with E-state index in [2.05, 4.69) is 20.3 Å². The molecule has 0 radical (unpaired) electrons. The fraction of sp³-hybridized carbons (Fsp3) is 0.154. The summed E-state index contributed by atoms with van der Waals surface area (Å²) in [5.41, 5.74) is 0.910. The van der Waals surface area contributed by atoms with E-state index in [0.717, 1.165) is 15.8 Å². The van der Waals surface area contributed by atoms with Gasteiger partial charge in [0.2, 0.25) is 0 Å². The molecule has 20 heavy (non-hydrogen) atoms. The number of pyridine rings is 1. The average Bonchev–Trinajstić information content (AvgIpc) is 2.82. The molecule has 1 atom stereocenters. The van der Waals surface area contributed by atoms with Gasteiger partial charge in [0, 0.05) is 17.1 Å². The van der Waals surface area contributed by atoms with Crippen LogP contribution in [-0.4, -0.2) is 15.0 Å². The highest BCUT2D eigenvalue weighted by Gasteiger charge is 2.15. The van der Waals surface area contributed by atoms with E-state index in [0.29, 0.717) is 16.0 Å². The number of hydrogen-bond acceptors (Lipinski definition) is 5. The van der Waals surface area contributed by atoms with Crippen molar-refractivity contribution in [3.63, 3.8) is 0 Å². The molecule has 0 fully saturated rings. The molecule has 0 spiro atoms. The number of halogens is 2. The molecule has 1 N–H and O–H groups in total. The van der Waals surface area contributed by atoms with E-state index in [1.54, 1.807) is 6.20 Å². The predicted octanol–water partition coefficient (Wildman–Crippen LogP) is 4.57. The van der Waals surface area contributed by atoms with Crippen molar-refractivity contribution >= 4 is 50.6 Å². The molecule has 102 valence electrons. The number of nitrogens with zero attached hydrogens (tertiary/aromatic N) is 3. The summed E-state index contributed by atoms with van der Waals surface area (Å²) in [6.07, 6.45) is 3.19. The molecular weight excluding hydrogens is 315 g/mol. The van der Waals surface area contributed by atoms with Crippen molar-refractivity contribution in [2.75, 3.05) is 5.32 Å². The topological polar surface area (TPSA) is 50.7 Å². The van der Waals surface area contributed by atoms with Crippen LogP contribution in [0.15, 0.2) is 30.0 Å². The molecule has 0 saturated heterocycles. The first-order chi connectivity index (χ1) is 9.66. The molecule has 3 aromatic heterocycles. The summed E-state index contributed by atoms with van der Waals surface area (Å²) in [6, 6.07) is 3.75. The fourth-order valence-corrected chi connectivity index (χ4v) is 3.37. The van der Waals surface area contributed by atoms with Crippen molar-refractivity contribution in [2.24, 2.45) is 0 Å². The van der Waals surface area contributed by atoms with Gasteiger partial charge in [-0.05, 0) is 13.0 Å². The van der Waals surface area contributed by atoms with Crippen molar-refractivity contribution in [1.29, 1.82) is 0 Å². The highest BCUT2D eigenvalue weighted by molar-refractivity contribution is 7.17. The Morgan fingerprint density at radius 2 is 2.10 bits per heavy atom. The van der Waals surface area contributed by atoms with E-state index in [4.69, 9.17) is 23.2 Å². The molecular formula is C13H10Cl2N4S. The van der Waals surface area contributed by atoms with E-state index in [1.807, 2.05) is 24.4 Å². The van der Waals surface area contributed by atoms with Gasteiger partial charge in [-0.25, -0.2) is 15.0 Å². The van der Waals surface area contributed by atoms with Gasteiger partial charge in [0.1, 0.15) is 22.1 Å². The standard InChI is InChI=1S/C13H10Cl2N4S/c1-7(8-3-2-4-16-11(8)15)19-12-10-9(14)5-20-13(10)18-6-17-12/h2-7H,1H3,(H,17,18,19). The van der Waals surface area contributed by atoms with Crippen molar-refractivity contribution in [1.82, 2.24) is 15.0 Å². The second-order valence-electron chi connectivity index (χ2n) is 4.24. The largest absolute Gasteiger partial charge is 0.363 e. The van der Waals surface area contributed by atoms with Crippen LogP contribution < -0.4 is 5.32 Å². The number of hydrogen-bond donors (Lipinski definition) is 1. The number of thiophene rings is 1. The van der Waals surface area contributed by atoms with Gasteiger partial charge < -0.3 is 5.32 Å². The Bertz CT molecular complexity index is 759. The molecule has 3 heterocycles. The summed E-state index contributed by atoms with van der Waals surface area (Å²) < 4.78 is 0. The first-order valence-electron chi connectivity index (χ1n) is 5.91. The Morgan fingerprint density at radius 3 is 2.90 bits per heavy atom. The summed E-state index contributed by atoms with van der Waals surface area (Å²) in [7, 11) is 0. The van der Waals surface area contributed by atoms with Gasteiger partial charge in [-0.1, -0.05) is 29.3 Å². The van der Waals surface area contributed by atoms with Crippen molar-refractivity contribution in [3.8, 4) is 0 Å². The van der Waals surface area contributed by atoms with Crippen molar-refractivity contribution < 1.29 is 0 Å².